The summed E-state index contributed by atoms with van der Waals surface area (Å²) in [5.74, 6) is -0.901. The molecule has 0 radical (unpaired) electrons. The van der Waals surface area contributed by atoms with Crippen LogP contribution in [0.15, 0.2) is 103 Å². The van der Waals surface area contributed by atoms with Gasteiger partial charge in [0.25, 0.3) is 8.32 Å². The Bertz CT molecular complexity index is 1170. The standard InChI is InChI=1S/C35H46O5Si/c1-27(2)23-32(34(36)37-7)28(3)33(39-26-38-24-29-17-11-8-12-18-29)25-40-41(35(4,5)6,30-19-13-9-14-20-30)31-21-15-10-16-22-31/h8-22,28,32-33H,1,23-26H2,2-7H3/t28-,32-,33+/m0/s1. The molecule has 0 bridgehead atoms. The van der Waals surface area contributed by atoms with Gasteiger partial charge in [-0.2, -0.15) is 0 Å². The molecule has 0 aliphatic rings. The van der Waals surface area contributed by atoms with E-state index in [1.54, 1.807) is 0 Å². The average molecular weight is 575 g/mol. The number of allylic oxidation sites excluding steroid dienone is 1. The van der Waals surface area contributed by atoms with Crippen molar-refractivity contribution in [3.05, 3.63) is 109 Å². The number of carbonyl (C=O) groups excluding carboxylic acids is 1. The first-order valence-corrected chi connectivity index (χ1v) is 16.2. The van der Waals surface area contributed by atoms with Gasteiger partial charge in [-0.05, 0) is 40.2 Å². The number of hydrogen-bond donors (Lipinski definition) is 0. The van der Waals surface area contributed by atoms with Crippen LogP contribution in [0.2, 0.25) is 5.04 Å². The zero-order chi connectivity index (χ0) is 29.9. The van der Waals surface area contributed by atoms with Crippen molar-refractivity contribution in [3.63, 3.8) is 0 Å². The van der Waals surface area contributed by atoms with Gasteiger partial charge in [-0.25, -0.2) is 0 Å². The highest BCUT2D eigenvalue weighted by atomic mass is 28.4. The molecule has 41 heavy (non-hydrogen) atoms. The fourth-order valence-corrected chi connectivity index (χ4v) is 10.0. The monoisotopic (exact) mass is 574 g/mol. The van der Waals surface area contributed by atoms with Crippen LogP contribution < -0.4 is 10.4 Å². The number of ether oxygens (including phenoxy) is 3. The molecule has 0 spiro atoms. The third-order valence-corrected chi connectivity index (χ3v) is 12.7. The normalized spacial score (nSPS) is 14.2. The van der Waals surface area contributed by atoms with Gasteiger partial charge in [-0.3, -0.25) is 4.79 Å². The average Bonchev–Trinajstić information content (AvgIpc) is 2.97. The quantitative estimate of drug-likeness (QED) is 0.0681. The largest absolute Gasteiger partial charge is 0.469 e. The molecule has 3 rings (SSSR count). The number of carbonyl (C=O) groups is 1. The molecule has 220 valence electrons. The van der Waals surface area contributed by atoms with Gasteiger partial charge in [0, 0.05) is 0 Å². The Hall–Kier alpha value is -3.03. The van der Waals surface area contributed by atoms with Gasteiger partial charge in [0.1, 0.15) is 6.79 Å². The molecule has 0 fully saturated rings. The summed E-state index contributed by atoms with van der Waals surface area (Å²) in [5.41, 5.74) is 1.98. The highest BCUT2D eigenvalue weighted by Crippen LogP contribution is 2.37. The highest BCUT2D eigenvalue weighted by Gasteiger charge is 2.50. The minimum atomic E-state index is -2.81. The molecule has 0 aliphatic carbocycles. The molecule has 3 aromatic rings. The fourth-order valence-electron chi connectivity index (χ4n) is 5.46. The lowest BCUT2D eigenvalue weighted by Crippen LogP contribution is -2.67. The molecule has 0 N–H and O–H groups in total. The maximum absolute atomic E-state index is 12.9. The number of esters is 1. The number of methoxy groups -OCH3 is 1. The van der Waals surface area contributed by atoms with Crippen molar-refractivity contribution >= 4 is 24.7 Å². The molecule has 0 saturated heterocycles. The SMILES string of the molecule is C=C(C)C[C@H](C(=O)OC)[C@H](C)[C@@H](CO[Si](c1ccccc1)(c1ccccc1)C(C)(C)C)OCOCc1ccccc1. The second-order valence-corrected chi connectivity index (χ2v) is 16.1. The van der Waals surface area contributed by atoms with Gasteiger partial charge in [0.15, 0.2) is 0 Å². The van der Waals surface area contributed by atoms with E-state index in [0.29, 0.717) is 19.6 Å². The van der Waals surface area contributed by atoms with E-state index < -0.39 is 20.3 Å². The number of benzene rings is 3. The van der Waals surface area contributed by atoms with Crippen LogP contribution in [0.4, 0.5) is 0 Å². The van der Waals surface area contributed by atoms with E-state index in [1.807, 2.05) is 56.3 Å². The highest BCUT2D eigenvalue weighted by molar-refractivity contribution is 6.99. The Morgan fingerprint density at radius 2 is 1.39 bits per heavy atom. The number of rotatable bonds is 15. The van der Waals surface area contributed by atoms with E-state index in [9.17, 15) is 4.79 Å². The molecule has 3 atom stereocenters. The molecule has 0 unspecified atom stereocenters. The maximum Gasteiger partial charge on any atom is 0.309 e. The lowest BCUT2D eigenvalue weighted by molar-refractivity contribution is -0.156. The topological polar surface area (TPSA) is 54.0 Å². The predicted molar refractivity (Wildman–Crippen MR) is 169 cm³/mol. The summed E-state index contributed by atoms with van der Waals surface area (Å²) in [6.07, 6.45) is 0.0912. The van der Waals surface area contributed by atoms with Gasteiger partial charge >= 0.3 is 5.97 Å². The molecule has 0 aromatic heterocycles. The van der Waals surface area contributed by atoms with E-state index in [1.165, 1.54) is 17.5 Å². The first-order valence-electron chi connectivity index (χ1n) is 14.3. The van der Waals surface area contributed by atoms with Gasteiger partial charge in [-0.1, -0.05) is 124 Å². The van der Waals surface area contributed by atoms with Crippen molar-refractivity contribution in [1.82, 2.24) is 0 Å². The van der Waals surface area contributed by atoms with Gasteiger partial charge in [0.2, 0.25) is 0 Å². The molecule has 3 aromatic carbocycles. The molecule has 0 saturated carbocycles. The molecule has 6 heteroatoms. The van der Waals surface area contributed by atoms with E-state index >= 15 is 0 Å². The molecule has 0 amide bonds. The second-order valence-electron chi connectivity index (χ2n) is 11.8. The molecule has 5 nitrogen and oxygen atoms in total. The Morgan fingerprint density at radius 1 is 0.878 bits per heavy atom. The molecule has 0 heterocycles. The van der Waals surface area contributed by atoms with Crippen molar-refractivity contribution < 1.29 is 23.4 Å². The smallest absolute Gasteiger partial charge is 0.309 e. The number of hydrogen-bond acceptors (Lipinski definition) is 5. The summed E-state index contributed by atoms with van der Waals surface area (Å²) in [6, 6.07) is 31.0. The predicted octanol–water partition coefficient (Wildman–Crippen LogP) is 6.51. The Balaban J connectivity index is 1.95. The lowest BCUT2D eigenvalue weighted by Gasteiger charge is -2.44. The summed E-state index contributed by atoms with van der Waals surface area (Å²) in [6.45, 7) is 15.6. The van der Waals surface area contributed by atoms with E-state index in [4.69, 9.17) is 18.6 Å². The zero-order valence-electron chi connectivity index (χ0n) is 25.5. The van der Waals surface area contributed by atoms with Crippen LogP contribution in [0.5, 0.6) is 0 Å². The zero-order valence-corrected chi connectivity index (χ0v) is 26.5. The summed E-state index contributed by atoms with van der Waals surface area (Å²) in [7, 11) is -1.39. The van der Waals surface area contributed by atoms with Crippen LogP contribution in [-0.4, -0.2) is 40.9 Å². The van der Waals surface area contributed by atoms with Crippen LogP contribution in [0.3, 0.4) is 0 Å². The van der Waals surface area contributed by atoms with Crippen LogP contribution in [0.25, 0.3) is 0 Å². The molecule has 0 aliphatic heterocycles. The van der Waals surface area contributed by atoms with Crippen molar-refractivity contribution in [1.29, 1.82) is 0 Å². The molecular weight excluding hydrogens is 528 g/mol. The maximum atomic E-state index is 12.9. The minimum absolute atomic E-state index is 0.0783. The Labute approximate surface area is 247 Å². The third-order valence-electron chi connectivity index (χ3n) is 7.65. The minimum Gasteiger partial charge on any atom is -0.469 e. The summed E-state index contributed by atoms with van der Waals surface area (Å²) in [5, 5.41) is 2.20. The first-order chi connectivity index (χ1) is 19.6. The Morgan fingerprint density at radius 3 is 1.85 bits per heavy atom. The van der Waals surface area contributed by atoms with Crippen LogP contribution in [0, 0.1) is 11.8 Å². The van der Waals surface area contributed by atoms with Crippen molar-refractivity contribution in [2.45, 2.75) is 58.8 Å². The van der Waals surface area contributed by atoms with E-state index in [0.717, 1.165) is 11.1 Å². The van der Waals surface area contributed by atoms with Crippen molar-refractivity contribution in [2.24, 2.45) is 11.8 Å². The van der Waals surface area contributed by atoms with E-state index in [-0.39, 0.29) is 23.7 Å². The van der Waals surface area contributed by atoms with Gasteiger partial charge < -0.3 is 18.6 Å². The van der Waals surface area contributed by atoms with Crippen LogP contribution >= 0.6 is 0 Å². The fraction of sp³-hybridized carbons (Fsp3) is 0.400. The van der Waals surface area contributed by atoms with Gasteiger partial charge in [0.05, 0.1) is 32.3 Å². The van der Waals surface area contributed by atoms with Gasteiger partial charge in [-0.15, -0.1) is 6.58 Å². The summed E-state index contributed by atoms with van der Waals surface area (Å²) >= 11 is 0. The summed E-state index contributed by atoms with van der Waals surface area (Å²) < 4.78 is 24.7. The molecular formula is C35H46O5Si. The van der Waals surface area contributed by atoms with Crippen molar-refractivity contribution in [3.8, 4) is 0 Å². The summed E-state index contributed by atoms with van der Waals surface area (Å²) in [4.78, 5) is 12.9. The second kappa shape index (κ2) is 15.3. The van der Waals surface area contributed by atoms with Crippen LogP contribution in [0.1, 0.15) is 46.6 Å². The van der Waals surface area contributed by atoms with E-state index in [2.05, 4.69) is 75.9 Å². The third kappa shape index (κ3) is 8.49. The lowest BCUT2D eigenvalue weighted by atomic mass is 9.85. The Kier molecular flexibility index (Phi) is 12.1. The van der Waals surface area contributed by atoms with Crippen LogP contribution in [-0.2, 0) is 30.0 Å². The first kappa shape index (κ1) is 32.5. The van der Waals surface area contributed by atoms with Crippen molar-refractivity contribution in [2.75, 3.05) is 20.5 Å².